The van der Waals surface area contributed by atoms with Gasteiger partial charge in [-0.2, -0.15) is 0 Å². The summed E-state index contributed by atoms with van der Waals surface area (Å²) in [5.74, 6) is -1.74. The average Bonchev–Trinajstić information content (AvgIpc) is 3.80. The molecule has 1 aromatic heterocycles. The minimum atomic E-state index is -2.85. The molecule has 3 aromatic carbocycles. The van der Waals surface area contributed by atoms with Crippen LogP contribution in [0.1, 0.15) is 72.9 Å². The van der Waals surface area contributed by atoms with Crippen molar-refractivity contribution in [1.29, 1.82) is 0 Å². The molecule has 6 heteroatoms. The molecular formula is C33H32F2N2O2. The van der Waals surface area contributed by atoms with Crippen LogP contribution < -0.4 is 4.74 Å². The van der Waals surface area contributed by atoms with Gasteiger partial charge < -0.3 is 4.74 Å². The first-order chi connectivity index (χ1) is 18.8. The number of aromatic nitrogens is 2. The van der Waals surface area contributed by atoms with Crippen LogP contribution >= 0.6 is 0 Å². The fraction of sp³-hybridized carbons (Fsp3) is 0.303. The van der Waals surface area contributed by atoms with Gasteiger partial charge in [0.25, 0.3) is 5.92 Å². The average molecular weight is 527 g/mol. The van der Waals surface area contributed by atoms with Crippen molar-refractivity contribution in [3.05, 3.63) is 113 Å². The molecule has 1 saturated carbocycles. The summed E-state index contributed by atoms with van der Waals surface area (Å²) in [7, 11) is 0. The number of carbonyl (C=O) groups excluding carboxylic acids is 1. The summed E-state index contributed by atoms with van der Waals surface area (Å²) in [6.45, 7) is 3.49. The standard InChI is InChI=1S/C33H32F2N2O2/c1-3-33(34,35)27-16-10-24(11-17-27)21-28(38)20-23-8-12-26(13-9-23)31-32(37-19-18-36-31)39-22(2)29-6-4-5-7-30(29)25-14-15-25/h4-13,16-19,22,25H,3,14-15,20-21H2,1-2H3. The van der Waals surface area contributed by atoms with Crippen molar-refractivity contribution < 1.29 is 18.3 Å². The van der Waals surface area contributed by atoms with E-state index < -0.39 is 5.92 Å². The number of carbonyl (C=O) groups is 1. The van der Waals surface area contributed by atoms with Crippen LogP contribution in [0.4, 0.5) is 8.78 Å². The molecule has 1 aliphatic carbocycles. The maximum absolute atomic E-state index is 13.9. The first-order valence-electron chi connectivity index (χ1n) is 13.5. The topological polar surface area (TPSA) is 52.1 Å². The fourth-order valence-corrected chi connectivity index (χ4v) is 4.86. The summed E-state index contributed by atoms with van der Waals surface area (Å²) < 4.78 is 34.0. The Bertz CT molecular complexity index is 1430. The number of alkyl halides is 2. The van der Waals surface area contributed by atoms with Crippen LogP contribution in [0.25, 0.3) is 11.3 Å². The third-order valence-corrected chi connectivity index (χ3v) is 7.25. The Morgan fingerprint density at radius 3 is 2.18 bits per heavy atom. The highest BCUT2D eigenvalue weighted by atomic mass is 19.3. The Morgan fingerprint density at radius 1 is 0.923 bits per heavy atom. The number of hydrogen-bond acceptors (Lipinski definition) is 4. The molecule has 39 heavy (non-hydrogen) atoms. The Balaban J connectivity index is 1.24. The Kier molecular flexibility index (Phi) is 7.82. The van der Waals surface area contributed by atoms with Crippen LogP contribution in [0.2, 0.25) is 0 Å². The minimum Gasteiger partial charge on any atom is -0.468 e. The SMILES string of the molecule is CCC(F)(F)c1ccc(CC(=O)Cc2ccc(-c3nccnc3OC(C)c3ccccc3C3CC3)cc2)cc1. The third kappa shape index (κ3) is 6.39. The molecule has 0 N–H and O–H groups in total. The van der Waals surface area contributed by atoms with Crippen molar-refractivity contribution in [2.75, 3.05) is 0 Å². The Morgan fingerprint density at radius 2 is 1.54 bits per heavy atom. The zero-order valence-electron chi connectivity index (χ0n) is 22.2. The van der Waals surface area contributed by atoms with Crippen LogP contribution in [0.5, 0.6) is 5.88 Å². The van der Waals surface area contributed by atoms with Gasteiger partial charge in [0, 0.05) is 42.8 Å². The molecule has 1 aliphatic rings. The van der Waals surface area contributed by atoms with Crippen LogP contribution in [-0.2, 0) is 23.6 Å². The van der Waals surface area contributed by atoms with Gasteiger partial charge in [-0.3, -0.25) is 4.79 Å². The minimum absolute atomic E-state index is 0.0180. The predicted octanol–water partition coefficient (Wildman–Crippen LogP) is 8.02. The molecule has 0 spiro atoms. The maximum atomic E-state index is 13.9. The number of benzene rings is 3. The van der Waals surface area contributed by atoms with Crippen LogP contribution in [0, 0.1) is 0 Å². The zero-order chi connectivity index (χ0) is 27.4. The molecule has 1 fully saturated rings. The number of ketones is 1. The molecule has 0 amide bonds. The molecule has 4 aromatic rings. The normalized spacial score (nSPS) is 14.2. The van der Waals surface area contributed by atoms with Gasteiger partial charge in [0.05, 0.1) is 0 Å². The Hall–Kier alpha value is -3.93. The Labute approximate surface area is 228 Å². The summed E-state index contributed by atoms with van der Waals surface area (Å²) in [6.07, 6.45) is 5.74. The van der Waals surface area contributed by atoms with Gasteiger partial charge in [-0.15, -0.1) is 0 Å². The highest BCUT2D eigenvalue weighted by Gasteiger charge is 2.29. The summed E-state index contributed by atoms with van der Waals surface area (Å²) in [4.78, 5) is 21.7. The smallest absolute Gasteiger partial charge is 0.273 e. The lowest BCUT2D eigenvalue weighted by Gasteiger charge is -2.19. The van der Waals surface area contributed by atoms with E-state index in [0.717, 1.165) is 16.7 Å². The molecule has 1 unspecified atom stereocenters. The highest BCUT2D eigenvalue weighted by Crippen LogP contribution is 2.43. The van der Waals surface area contributed by atoms with Crippen molar-refractivity contribution in [1.82, 2.24) is 9.97 Å². The number of Topliss-reactive ketones (excluding diaryl/α,β-unsaturated/α-hetero) is 1. The zero-order valence-corrected chi connectivity index (χ0v) is 22.2. The van der Waals surface area contributed by atoms with Crippen LogP contribution in [0.15, 0.2) is 85.2 Å². The monoisotopic (exact) mass is 526 g/mol. The molecule has 5 rings (SSSR count). The summed E-state index contributed by atoms with van der Waals surface area (Å²) in [5, 5.41) is 0. The summed E-state index contributed by atoms with van der Waals surface area (Å²) in [5.41, 5.74) is 5.60. The molecule has 1 heterocycles. The van der Waals surface area contributed by atoms with Crippen molar-refractivity contribution >= 4 is 5.78 Å². The van der Waals surface area contributed by atoms with E-state index in [1.165, 1.54) is 43.0 Å². The van der Waals surface area contributed by atoms with E-state index in [1.807, 2.05) is 37.3 Å². The lowest BCUT2D eigenvalue weighted by molar-refractivity contribution is -0.117. The first kappa shape index (κ1) is 26.7. The van der Waals surface area contributed by atoms with Gasteiger partial charge in [-0.1, -0.05) is 79.7 Å². The molecule has 0 saturated heterocycles. The van der Waals surface area contributed by atoms with E-state index in [2.05, 4.69) is 28.2 Å². The van der Waals surface area contributed by atoms with E-state index in [-0.39, 0.29) is 36.7 Å². The van der Waals surface area contributed by atoms with E-state index >= 15 is 0 Å². The molecule has 0 radical (unpaired) electrons. The van der Waals surface area contributed by atoms with E-state index in [9.17, 15) is 13.6 Å². The van der Waals surface area contributed by atoms with E-state index in [1.54, 1.807) is 24.5 Å². The summed E-state index contributed by atoms with van der Waals surface area (Å²) in [6, 6.07) is 22.1. The van der Waals surface area contributed by atoms with Gasteiger partial charge >= 0.3 is 0 Å². The molecule has 1 atom stereocenters. The second-order valence-corrected chi connectivity index (χ2v) is 10.2. The lowest BCUT2D eigenvalue weighted by Crippen LogP contribution is -2.12. The number of hydrogen-bond donors (Lipinski definition) is 0. The molecule has 0 bridgehead atoms. The van der Waals surface area contributed by atoms with Gasteiger partial charge in [0.15, 0.2) is 0 Å². The van der Waals surface area contributed by atoms with E-state index in [0.29, 0.717) is 17.5 Å². The molecule has 0 aliphatic heterocycles. The van der Waals surface area contributed by atoms with Crippen LogP contribution in [0.3, 0.4) is 0 Å². The van der Waals surface area contributed by atoms with Gasteiger partial charge in [-0.25, -0.2) is 18.7 Å². The molecular weight excluding hydrogens is 494 g/mol. The largest absolute Gasteiger partial charge is 0.468 e. The maximum Gasteiger partial charge on any atom is 0.273 e. The van der Waals surface area contributed by atoms with Crippen LogP contribution in [-0.4, -0.2) is 15.8 Å². The van der Waals surface area contributed by atoms with E-state index in [4.69, 9.17) is 4.74 Å². The second-order valence-electron chi connectivity index (χ2n) is 10.2. The fourth-order valence-electron chi connectivity index (χ4n) is 4.86. The van der Waals surface area contributed by atoms with Crippen molar-refractivity contribution in [3.63, 3.8) is 0 Å². The predicted molar refractivity (Wildman–Crippen MR) is 148 cm³/mol. The van der Waals surface area contributed by atoms with Gasteiger partial charge in [0.2, 0.25) is 5.88 Å². The third-order valence-electron chi connectivity index (χ3n) is 7.25. The van der Waals surface area contributed by atoms with Crippen molar-refractivity contribution in [2.45, 2.75) is 63.9 Å². The van der Waals surface area contributed by atoms with Crippen molar-refractivity contribution in [2.24, 2.45) is 0 Å². The first-order valence-corrected chi connectivity index (χ1v) is 13.5. The number of ether oxygens (including phenoxy) is 1. The summed E-state index contributed by atoms with van der Waals surface area (Å²) >= 11 is 0. The van der Waals surface area contributed by atoms with Gasteiger partial charge in [0.1, 0.15) is 17.6 Å². The quantitative estimate of drug-likeness (QED) is 0.199. The number of rotatable bonds is 11. The second kappa shape index (κ2) is 11.4. The highest BCUT2D eigenvalue weighted by molar-refractivity contribution is 5.83. The lowest BCUT2D eigenvalue weighted by atomic mass is 9.99. The van der Waals surface area contributed by atoms with Gasteiger partial charge in [-0.05, 0) is 47.9 Å². The molecule has 200 valence electrons. The molecule has 4 nitrogen and oxygen atoms in total. The number of halogens is 2. The number of nitrogens with zero attached hydrogens (tertiary/aromatic N) is 2. The van der Waals surface area contributed by atoms with Crippen molar-refractivity contribution in [3.8, 4) is 17.1 Å².